The predicted octanol–water partition coefficient (Wildman–Crippen LogP) is 2.97. The summed E-state index contributed by atoms with van der Waals surface area (Å²) in [5, 5.41) is 10.6. The average Bonchev–Trinajstić information content (AvgIpc) is 2.97. The molecule has 4 bridgehead atoms. The van der Waals surface area contributed by atoms with Crippen LogP contribution in [0.4, 0.5) is 0 Å². The number of aliphatic hydroxyl groups excluding tert-OH is 1. The molecule has 1 unspecified atom stereocenters. The van der Waals surface area contributed by atoms with Crippen LogP contribution < -0.4 is 0 Å². The number of hydrogen-bond acceptors (Lipinski definition) is 1. The molecule has 1 nitrogen and oxygen atoms in total. The first-order chi connectivity index (χ1) is 7.25. The summed E-state index contributed by atoms with van der Waals surface area (Å²) in [6.45, 7) is 0. The number of hydrogen-bond donors (Lipinski definition) is 1. The third-order valence-corrected chi connectivity index (χ3v) is 5.78. The van der Waals surface area contributed by atoms with Crippen LogP contribution in [0.3, 0.4) is 0 Å². The average molecular weight is 206 g/mol. The molecule has 5 saturated carbocycles. The second-order valence-electron chi connectivity index (χ2n) is 7.06. The standard InChI is InChI=1S/C14H22O/c15-13(12-1-2-12)14-6-9-3-10(7-14)5-11(4-9)8-14/h9-13,15H,1-8H2. The van der Waals surface area contributed by atoms with Gasteiger partial charge in [-0.3, -0.25) is 0 Å². The monoisotopic (exact) mass is 206 g/mol. The lowest BCUT2D eigenvalue weighted by atomic mass is 9.48. The lowest BCUT2D eigenvalue weighted by molar-refractivity contribution is -0.126. The Kier molecular flexibility index (Phi) is 1.68. The molecular formula is C14H22O. The van der Waals surface area contributed by atoms with Crippen LogP contribution in [0.2, 0.25) is 0 Å². The summed E-state index contributed by atoms with van der Waals surface area (Å²) in [4.78, 5) is 0. The molecular weight excluding hydrogens is 184 g/mol. The Hall–Kier alpha value is -0.0400. The van der Waals surface area contributed by atoms with Crippen molar-refractivity contribution in [2.45, 2.75) is 57.5 Å². The van der Waals surface area contributed by atoms with Crippen molar-refractivity contribution in [2.75, 3.05) is 0 Å². The molecule has 0 amide bonds. The molecule has 5 fully saturated rings. The van der Waals surface area contributed by atoms with E-state index in [1.54, 1.807) is 0 Å². The van der Waals surface area contributed by atoms with E-state index in [1.165, 1.54) is 51.4 Å². The van der Waals surface area contributed by atoms with E-state index in [0.717, 1.165) is 17.8 Å². The van der Waals surface area contributed by atoms with E-state index in [1.807, 2.05) is 0 Å². The Morgan fingerprint density at radius 2 is 1.33 bits per heavy atom. The molecule has 0 radical (unpaired) electrons. The van der Waals surface area contributed by atoms with Crippen molar-refractivity contribution in [2.24, 2.45) is 29.1 Å². The Morgan fingerprint density at radius 3 is 1.73 bits per heavy atom. The van der Waals surface area contributed by atoms with E-state index < -0.39 is 0 Å². The van der Waals surface area contributed by atoms with Gasteiger partial charge in [-0.15, -0.1) is 0 Å². The van der Waals surface area contributed by atoms with Gasteiger partial charge in [-0.2, -0.15) is 0 Å². The molecule has 1 N–H and O–H groups in total. The van der Waals surface area contributed by atoms with E-state index in [9.17, 15) is 5.11 Å². The SMILES string of the molecule is OC(C1CC1)C12CC3CC(CC(C3)C1)C2. The molecule has 0 spiro atoms. The van der Waals surface area contributed by atoms with Crippen molar-refractivity contribution < 1.29 is 5.11 Å². The van der Waals surface area contributed by atoms with Crippen LogP contribution in [0, 0.1) is 29.1 Å². The minimum atomic E-state index is 0.0749. The Bertz CT molecular complexity index is 244. The van der Waals surface area contributed by atoms with Crippen LogP contribution in [-0.4, -0.2) is 11.2 Å². The molecule has 0 heterocycles. The first kappa shape index (κ1) is 9.04. The van der Waals surface area contributed by atoms with Crippen molar-refractivity contribution in [1.29, 1.82) is 0 Å². The molecule has 5 aliphatic rings. The summed E-state index contributed by atoms with van der Waals surface area (Å²) in [5.74, 6) is 3.67. The molecule has 0 saturated heterocycles. The molecule has 15 heavy (non-hydrogen) atoms. The molecule has 0 aromatic rings. The lowest BCUT2D eigenvalue weighted by Gasteiger charge is -2.58. The topological polar surface area (TPSA) is 20.2 Å². The highest BCUT2D eigenvalue weighted by molar-refractivity contribution is 5.06. The maximum atomic E-state index is 10.6. The highest BCUT2D eigenvalue weighted by Crippen LogP contribution is 2.63. The fourth-order valence-electron chi connectivity index (χ4n) is 5.45. The molecule has 84 valence electrons. The van der Waals surface area contributed by atoms with Crippen LogP contribution in [0.1, 0.15) is 51.4 Å². The van der Waals surface area contributed by atoms with Crippen LogP contribution in [0.5, 0.6) is 0 Å². The van der Waals surface area contributed by atoms with Crippen molar-refractivity contribution in [3.8, 4) is 0 Å². The van der Waals surface area contributed by atoms with Gasteiger partial charge in [-0.1, -0.05) is 0 Å². The summed E-state index contributed by atoms with van der Waals surface area (Å²) >= 11 is 0. The van der Waals surface area contributed by atoms with E-state index in [-0.39, 0.29) is 6.10 Å². The van der Waals surface area contributed by atoms with Gasteiger partial charge in [0.05, 0.1) is 6.10 Å². The molecule has 0 aliphatic heterocycles. The van der Waals surface area contributed by atoms with Crippen molar-refractivity contribution in [3.05, 3.63) is 0 Å². The highest BCUT2D eigenvalue weighted by atomic mass is 16.3. The maximum Gasteiger partial charge on any atom is 0.0624 e. The molecule has 5 rings (SSSR count). The molecule has 1 atom stereocenters. The fourth-order valence-corrected chi connectivity index (χ4v) is 5.45. The largest absolute Gasteiger partial charge is 0.392 e. The molecule has 0 aromatic carbocycles. The Morgan fingerprint density at radius 1 is 0.867 bits per heavy atom. The second-order valence-corrected chi connectivity index (χ2v) is 7.06. The first-order valence-corrected chi connectivity index (χ1v) is 6.93. The maximum absolute atomic E-state index is 10.6. The summed E-state index contributed by atoms with van der Waals surface area (Å²) in [5.41, 5.74) is 0.399. The summed E-state index contributed by atoms with van der Waals surface area (Å²) in [7, 11) is 0. The van der Waals surface area contributed by atoms with Crippen molar-refractivity contribution in [1.82, 2.24) is 0 Å². The van der Waals surface area contributed by atoms with Crippen LogP contribution in [-0.2, 0) is 0 Å². The summed E-state index contributed by atoms with van der Waals surface area (Å²) in [6, 6.07) is 0. The van der Waals surface area contributed by atoms with Gasteiger partial charge < -0.3 is 5.11 Å². The first-order valence-electron chi connectivity index (χ1n) is 6.93. The van der Waals surface area contributed by atoms with Crippen LogP contribution in [0.15, 0.2) is 0 Å². The second kappa shape index (κ2) is 2.80. The van der Waals surface area contributed by atoms with Crippen LogP contribution >= 0.6 is 0 Å². The third kappa shape index (κ3) is 1.25. The van der Waals surface area contributed by atoms with Crippen molar-refractivity contribution in [3.63, 3.8) is 0 Å². The minimum Gasteiger partial charge on any atom is -0.392 e. The van der Waals surface area contributed by atoms with E-state index in [0.29, 0.717) is 11.3 Å². The smallest absolute Gasteiger partial charge is 0.0624 e. The van der Waals surface area contributed by atoms with Gasteiger partial charge in [0.1, 0.15) is 0 Å². The zero-order valence-corrected chi connectivity index (χ0v) is 9.49. The van der Waals surface area contributed by atoms with Gasteiger partial charge in [-0.25, -0.2) is 0 Å². The Labute approximate surface area is 92.3 Å². The normalized spacial score (nSPS) is 54.6. The van der Waals surface area contributed by atoms with Gasteiger partial charge in [0.25, 0.3) is 0 Å². The van der Waals surface area contributed by atoms with Crippen molar-refractivity contribution >= 4 is 0 Å². The van der Waals surface area contributed by atoms with E-state index in [4.69, 9.17) is 0 Å². The summed E-state index contributed by atoms with van der Waals surface area (Å²) in [6.07, 6.45) is 11.3. The predicted molar refractivity (Wildman–Crippen MR) is 59.3 cm³/mol. The number of aliphatic hydroxyl groups is 1. The van der Waals surface area contributed by atoms with Gasteiger partial charge in [0, 0.05) is 0 Å². The van der Waals surface area contributed by atoms with Gasteiger partial charge in [-0.05, 0) is 80.5 Å². The molecule has 0 aromatic heterocycles. The van der Waals surface area contributed by atoms with Gasteiger partial charge >= 0.3 is 0 Å². The van der Waals surface area contributed by atoms with Gasteiger partial charge in [0.15, 0.2) is 0 Å². The van der Waals surface area contributed by atoms with E-state index >= 15 is 0 Å². The molecule has 5 aliphatic carbocycles. The molecule has 1 heteroatoms. The highest BCUT2D eigenvalue weighted by Gasteiger charge is 2.56. The number of rotatable bonds is 2. The zero-order chi connectivity index (χ0) is 10.0. The van der Waals surface area contributed by atoms with E-state index in [2.05, 4.69) is 0 Å². The third-order valence-electron chi connectivity index (χ3n) is 5.78. The quantitative estimate of drug-likeness (QED) is 0.736. The van der Waals surface area contributed by atoms with Crippen LogP contribution in [0.25, 0.3) is 0 Å². The van der Waals surface area contributed by atoms with Gasteiger partial charge in [0.2, 0.25) is 0 Å². The lowest BCUT2D eigenvalue weighted by Crippen LogP contribution is -2.52. The minimum absolute atomic E-state index is 0.0749. The summed E-state index contributed by atoms with van der Waals surface area (Å²) < 4.78 is 0. The fraction of sp³-hybridized carbons (Fsp3) is 1.00. The zero-order valence-electron chi connectivity index (χ0n) is 9.49. The Balaban J connectivity index is 1.64.